The van der Waals surface area contributed by atoms with E-state index >= 15 is 0 Å². The molecule has 0 saturated carbocycles. The van der Waals surface area contributed by atoms with Crippen LogP contribution in [0.5, 0.6) is 0 Å². The van der Waals surface area contributed by atoms with Crippen molar-refractivity contribution in [3.05, 3.63) is 36.0 Å². The van der Waals surface area contributed by atoms with Gasteiger partial charge in [-0.3, -0.25) is 4.79 Å². The number of rotatable bonds is 3. The zero-order valence-electron chi connectivity index (χ0n) is 11.6. The Labute approximate surface area is 116 Å². The molecule has 0 fully saturated rings. The van der Waals surface area contributed by atoms with Gasteiger partial charge in [-0.15, -0.1) is 0 Å². The normalized spacial score (nSPS) is 11.4. The van der Waals surface area contributed by atoms with Gasteiger partial charge >= 0.3 is 0 Å². The predicted molar refractivity (Wildman–Crippen MR) is 71.0 cm³/mol. The zero-order chi connectivity index (χ0) is 14.8. The van der Waals surface area contributed by atoms with Crippen LogP contribution in [-0.4, -0.2) is 16.0 Å². The zero-order valence-corrected chi connectivity index (χ0v) is 11.6. The molecule has 0 spiro atoms. The molecule has 2 rings (SSSR count). The molecule has 0 aliphatic rings. The molecule has 0 aliphatic carbocycles. The molecule has 6 heteroatoms. The van der Waals surface area contributed by atoms with Gasteiger partial charge in [0.25, 0.3) is 0 Å². The third-order valence-corrected chi connectivity index (χ3v) is 2.66. The van der Waals surface area contributed by atoms with E-state index in [4.69, 9.17) is 4.52 Å². The van der Waals surface area contributed by atoms with Gasteiger partial charge in [0.2, 0.25) is 17.6 Å². The highest BCUT2D eigenvalue weighted by atomic mass is 19.1. The van der Waals surface area contributed by atoms with Crippen molar-refractivity contribution in [2.75, 3.05) is 0 Å². The second-order valence-electron chi connectivity index (χ2n) is 5.42. The van der Waals surface area contributed by atoms with Crippen LogP contribution < -0.4 is 5.32 Å². The van der Waals surface area contributed by atoms with E-state index < -0.39 is 11.2 Å². The molecule has 1 heterocycles. The molecular weight excluding hydrogens is 261 g/mol. The van der Waals surface area contributed by atoms with E-state index in [9.17, 15) is 9.18 Å². The summed E-state index contributed by atoms with van der Waals surface area (Å²) < 4.78 is 18.6. The summed E-state index contributed by atoms with van der Waals surface area (Å²) in [4.78, 5) is 15.8. The molecule has 0 atom stereocenters. The van der Waals surface area contributed by atoms with Crippen molar-refractivity contribution < 1.29 is 13.7 Å². The van der Waals surface area contributed by atoms with E-state index in [0.717, 1.165) is 0 Å². The Morgan fingerprint density at radius 3 is 2.70 bits per heavy atom. The van der Waals surface area contributed by atoms with Crippen molar-refractivity contribution in [3.8, 4) is 11.4 Å². The molecule has 20 heavy (non-hydrogen) atoms. The predicted octanol–water partition coefficient (Wildman–Crippen LogP) is 2.54. The van der Waals surface area contributed by atoms with Crippen LogP contribution in [0.2, 0.25) is 0 Å². The van der Waals surface area contributed by atoms with Gasteiger partial charge in [0.1, 0.15) is 5.82 Å². The highest BCUT2D eigenvalue weighted by molar-refractivity contribution is 5.81. The van der Waals surface area contributed by atoms with Crippen LogP contribution in [0.4, 0.5) is 4.39 Å². The van der Waals surface area contributed by atoms with Gasteiger partial charge in [0.05, 0.1) is 12.1 Å². The molecular formula is C14H16FN3O2. The average molecular weight is 277 g/mol. The molecule has 1 N–H and O–H groups in total. The van der Waals surface area contributed by atoms with E-state index in [0.29, 0.717) is 0 Å². The van der Waals surface area contributed by atoms with Gasteiger partial charge in [-0.2, -0.15) is 4.98 Å². The number of hydrogen-bond acceptors (Lipinski definition) is 4. The van der Waals surface area contributed by atoms with Crippen LogP contribution in [0.15, 0.2) is 28.8 Å². The molecule has 2 aromatic rings. The molecule has 106 valence electrons. The lowest BCUT2D eigenvalue weighted by Crippen LogP contribution is -2.34. The summed E-state index contributed by atoms with van der Waals surface area (Å²) in [5.74, 6) is -0.134. The van der Waals surface area contributed by atoms with E-state index in [-0.39, 0.29) is 29.7 Å². The fourth-order valence-electron chi connectivity index (χ4n) is 1.50. The fourth-order valence-corrected chi connectivity index (χ4v) is 1.50. The number of aromatic nitrogens is 2. The number of hydrogen-bond donors (Lipinski definition) is 1. The standard InChI is InChI=1S/C14H16FN3O2/c1-14(2,3)13(19)16-8-11-17-12(18-20-11)9-6-4-5-7-10(9)15/h4-7H,8H2,1-3H3,(H,16,19). The summed E-state index contributed by atoms with van der Waals surface area (Å²) in [6, 6.07) is 6.17. The first-order chi connectivity index (χ1) is 9.38. The van der Waals surface area contributed by atoms with Gasteiger partial charge in [0.15, 0.2) is 0 Å². The first-order valence-electron chi connectivity index (χ1n) is 6.24. The average Bonchev–Trinajstić information content (AvgIpc) is 2.84. The third-order valence-electron chi connectivity index (χ3n) is 2.66. The van der Waals surface area contributed by atoms with Gasteiger partial charge in [0, 0.05) is 5.41 Å². The molecule has 1 amide bonds. The fraction of sp³-hybridized carbons (Fsp3) is 0.357. The van der Waals surface area contributed by atoms with Crippen molar-refractivity contribution in [2.45, 2.75) is 27.3 Å². The second-order valence-corrected chi connectivity index (χ2v) is 5.42. The Bertz CT molecular complexity index is 617. The van der Waals surface area contributed by atoms with Crippen LogP contribution >= 0.6 is 0 Å². The number of amides is 1. The first kappa shape index (κ1) is 14.2. The van der Waals surface area contributed by atoms with Gasteiger partial charge in [-0.05, 0) is 12.1 Å². The molecule has 5 nitrogen and oxygen atoms in total. The number of nitrogens with one attached hydrogen (secondary N) is 1. The molecule has 0 unspecified atom stereocenters. The lowest BCUT2D eigenvalue weighted by atomic mass is 9.96. The quantitative estimate of drug-likeness (QED) is 0.936. The number of benzene rings is 1. The smallest absolute Gasteiger partial charge is 0.246 e. The SMILES string of the molecule is CC(C)(C)C(=O)NCc1nc(-c2ccccc2F)no1. The molecule has 0 bridgehead atoms. The van der Waals surface area contributed by atoms with Crippen molar-refractivity contribution in [3.63, 3.8) is 0 Å². The minimum Gasteiger partial charge on any atom is -0.347 e. The van der Waals surface area contributed by atoms with E-state index in [1.54, 1.807) is 39.0 Å². The minimum absolute atomic E-state index is 0.122. The Balaban J connectivity index is 2.07. The summed E-state index contributed by atoms with van der Waals surface area (Å²) in [6.07, 6.45) is 0. The molecule has 0 saturated heterocycles. The number of carbonyl (C=O) groups excluding carboxylic acids is 1. The molecule has 1 aromatic heterocycles. The van der Waals surface area contributed by atoms with Crippen LogP contribution in [0.3, 0.4) is 0 Å². The maximum absolute atomic E-state index is 13.6. The number of carbonyl (C=O) groups is 1. The molecule has 1 aromatic carbocycles. The lowest BCUT2D eigenvalue weighted by Gasteiger charge is -2.16. The Kier molecular flexibility index (Phi) is 3.83. The summed E-state index contributed by atoms with van der Waals surface area (Å²) in [6.45, 7) is 5.54. The van der Waals surface area contributed by atoms with Crippen molar-refractivity contribution in [1.29, 1.82) is 0 Å². The third kappa shape index (κ3) is 3.20. The van der Waals surface area contributed by atoms with E-state index in [1.165, 1.54) is 6.07 Å². The molecule has 0 aliphatic heterocycles. The van der Waals surface area contributed by atoms with E-state index in [1.807, 2.05) is 0 Å². The summed E-state index contributed by atoms with van der Waals surface area (Å²) >= 11 is 0. The second kappa shape index (κ2) is 5.40. The van der Waals surface area contributed by atoms with Gasteiger partial charge < -0.3 is 9.84 Å². The Hall–Kier alpha value is -2.24. The summed E-state index contributed by atoms with van der Waals surface area (Å²) in [5.41, 5.74) is -0.223. The topological polar surface area (TPSA) is 68.0 Å². The van der Waals surface area contributed by atoms with Crippen molar-refractivity contribution >= 4 is 5.91 Å². The maximum atomic E-state index is 13.6. The maximum Gasteiger partial charge on any atom is 0.246 e. The van der Waals surface area contributed by atoms with Gasteiger partial charge in [-0.25, -0.2) is 4.39 Å². The summed E-state index contributed by atoms with van der Waals surface area (Å²) in [7, 11) is 0. The van der Waals surface area contributed by atoms with E-state index in [2.05, 4.69) is 15.5 Å². The molecule has 0 radical (unpaired) electrons. The van der Waals surface area contributed by atoms with Crippen LogP contribution in [-0.2, 0) is 11.3 Å². The van der Waals surface area contributed by atoms with Crippen molar-refractivity contribution in [1.82, 2.24) is 15.5 Å². The highest BCUT2D eigenvalue weighted by Gasteiger charge is 2.21. The van der Waals surface area contributed by atoms with Crippen LogP contribution in [0, 0.1) is 11.2 Å². The summed E-state index contributed by atoms with van der Waals surface area (Å²) in [5, 5.41) is 6.40. The lowest BCUT2D eigenvalue weighted by molar-refractivity contribution is -0.128. The van der Waals surface area contributed by atoms with Crippen LogP contribution in [0.1, 0.15) is 26.7 Å². The number of nitrogens with zero attached hydrogens (tertiary/aromatic N) is 2. The Morgan fingerprint density at radius 2 is 2.05 bits per heavy atom. The highest BCUT2D eigenvalue weighted by Crippen LogP contribution is 2.19. The van der Waals surface area contributed by atoms with Crippen molar-refractivity contribution in [2.24, 2.45) is 5.41 Å². The monoisotopic (exact) mass is 277 g/mol. The van der Waals surface area contributed by atoms with Crippen LogP contribution in [0.25, 0.3) is 11.4 Å². The minimum atomic E-state index is -0.492. The van der Waals surface area contributed by atoms with Gasteiger partial charge in [-0.1, -0.05) is 38.1 Å². The Morgan fingerprint density at radius 1 is 1.35 bits per heavy atom. The number of halogens is 1. The largest absolute Gasteiger partial charge is 0.347 e. The first-order valence-corrected chi connectivity index (χ1v) is 6.24.